The Morgan fingerprint density at radius 1 is 1.04 bits per heavy atom. The summed E-state index contributed by atoms with van der Waals surface area (Å²) >= 11 is 0. The Morgan fingerprint density at radius 2 is 1.67 bits per heavy atom. The Labute approximate surface area is 145 Å². The second kappa shape index (κ2) is 8.70. The van der Waals surface area contributed by atoms with E-state index in [1.54, 1.807) is 9.80 Å². The maximum absolute atomic E-state index is 12.9. The van der Waals surface area contributed by atoms with Gasteiger partial charge in [0.1, 0.15) is 0 Å². The molecule has 2 aliphatic heterocycles. The molecule has 1 atom stereocenters. The zero-order chi connectivity index (χ0) is 17.6. The van der Waals surface area contributed by atoms with Crippen molar-refractivity contribution in [3.05, 3.63) is 0 Å². The molecule has 0 radical (unpaired) electrons. The second-order valence-electron chi connectivity index (χ2n) is 7.20. The molecule has 2 aliphatic rings. The molecule has 6 heteroatoms. The molecule has 0 spiro atoms. The van der Waals surface area contributed by atoms with Crippen molar-refractivity contribution in [2.75, 3.05) is 26.2 Å². The van der Waals surface area contributed by atoms with Crippen molar-refractivity contribution < 1.29 is 14.3 Å². The molecule has 2 saturated heterocycles. The van der Waals surface area contributed by atoms with Crippen LogP contribution in [0, 0.1) is 5.92 Å². The first-order chi connectivity index (χ1) is 11.5. The highest BCUT2D eigenvalue weighted by Gasteiger charge is 2.42. The number of ether oxygens (including phenoxy) is 1. The van der Waals surface area contributed by atoms with Crippen LogP contribution in [0.5, 0.6) is 0 Å². The van der Waals surface area contributed by atoms with Crippen molar-refractivity contribution in [3.63, 3.8) is 0 Å². The molecule has 2 heterocycles. The Morgan fingerprint density at radius 3 is 2.21 bits per heavy atom. The topological polar surface area (TPSA) is 75.9 Å². The average Bonchev–Trinajstić information content (AvgIpc) is 2.62. The lowest BCUT2D eigenvalue weighted by Crippen LogP contribution is -2.60. The summed E-state index contributed by atoms with van der Waals surface area (Å²) in [7, 11) is 0. The number of amides is 2. The van der Waals surface area contributed by atoms with Gasteiger partial charge >= 0.3 is 6.09 Å². The molecular weight excluding hydrogens is 306 g/mol. The number of nitrogens with zero attached hydrogens (tertiary/aromatic N) is 2. The van der Waals surface area contributed by atoms with E-state index in [0.717, 1.165) is 38.5 Å². The molecule has 24 heavy (non-hydrogen) atoms. The molecule has 0 aromatic heterocycles. The first-order valence-corrected chi connectivity index (χ1v) is 9.56. The number of piperidine rings is 2. The Balaban J connectivity index is 1.99. The average molecular weight is 339 g/mol. The standard InChI is InChI=1S/C18H33N3O3/c1-3-10-18(19,24-17(23)21-11-6-5-7-12-21)16(22)20-13-8-15(4-2)9-14-20/h15H,3-14,19H2,1-2H3/t18-/m0/s1. The van der Waals surface area contributed by atoms with Crippen LogP contribution in [0.3, 0.4) is 0 Å². The van der Waals surface area contributed by atoms with E-state index in [1.165, 1.54) is 0 Å². The van der Waals surface area contributed by atoms with Gasteiger partial charge in [0.15, 0.2) is 0 Å². The van der Waals surface area contributed by atoms with Crippen molar-refractivity contribution in [1.82, 2.24) is 9.80 Å². The molecule has 2 rings (SSSR count). The molecule has 2 N–H and O–H groups in total. The van der Waals surface area contributed by atoms with Crippen LogP contribution in [-0.4, -0.2) is 53.7 Å². The van der Waals surface area contributed by atoms with Crippen LogP contribution < -0.4 is 5.73 Å². The summed E-state index contributed by atoms with van der Waals surface area (Å²) in [6, 6.07) is 0. The molecule has 2 amide bonds. The van der Waals surface area contributed by atoms with Crippen molar-refractivity contribution in [1.29, 1.82) is 0 Å². The molecule has 0 unspecified atom stereocenters. The first kappa shape index (κ1) is 19.0. The van der Waals surface area contributed by atoms with Gasteiger partial charge in [0, 0.05) is 32.6 Å². The lowest BCUT2D eigenvalue weighted by molar-refractivity contribution is -0.154. The third-order valence-corrected chi connectivity index (χ3v) is 5.35. The van der Waals surface area contributed by atoms with Gasteiger partial charge in [0.25, 0.3) is 5.91 Å². The summed E-state index contributed by atoms with van der Waals surface area (Å²) in [6.45, 7) is 6.94. The predicted molar refractivity (Wildman–Crippen MR) is 93.3 cm³/mol. The van der Waals surface area contributed by atoms with E-state index >= 15 is 0 Å². The molecule has 0 aromatic rings. The third-order valence-electron chi connectivity index (χ3n) is 5.35. The molecule has 0 aliphatic carbocycles. The monoisotopic (exact) mass is 339 g/mol. The van der Waals surface area contributed by atoms with E-state index in [-0.39, 0.29) is 5.91 Å². The van der Waals surface area contributed by atoms with Crippen molar-refractivity contribution >= 4 is 12.0 Å². The second-order valence-corrected chi connectivity index (χ2v) is 7.20. The van der Waals surface area contributed by atoms with Crippen LogP contribution in [0.4, 0.5) is 4.79 Å². The molecule has 0 aromatic carbocycles. The zero-order valence-corrected chi connectivity index (χ0v) is 15.3. The Kier molecular flexibility index (Phi) is 6.90. The highest BCUT2D eigenvalue weighted by Crippen LogP contribution is 2.24. The quantitative estimate of drug-likeness (QED) is 0.781. The fraction of sp³-hybridized carbons (Fsp3) is 0.889. The number of nitrogens with two attached hydrogens (primary N) is 1. The van der Waals surface area contributed by atoms with Gasteiger partial charge in [-0.05, 0) is 38.0 Å². The van der Waals surface area contributed by atoms with Crippen LogP contribution in [0.1, 0.15) is 65.2 Å². The van der Waals surface area contributed by atoms with E-state index in [0.29, 0.717) is 44.9 Å². The molecule has 0 bridgehead atoms. The maximum atomic E-state index is 12.9. The van der Waals surface area contributed by atoms with E-state index in [9.17, 15) is 9.59 Å². The van der Waals surface area contributed by atoms with E-state index < -0.39 is 11.8 Å². The Bertz CT molecular complexity index is 429. The fourth-order valence-corrected chi connectivity index (χ4v) is 3.68. The fourth-order valence-electron chi connectivity index (χ4n) is 3.68. The van der Waals surface area contributed by atoms with E-state index in [4.69, 9.17) is 10.5 Å². The summed E-state index contributed by atoms with van der Waals surface area (Å²) in [5.74, 6) is 0.451. The normalized spacial score (nSPS) is 22.1. The number of hydrogen-bond acceptors (Lipinski definition) is 4. The zero-order valence-electron chi connectivity index (χ0n) is 15.3. The van der Waals surface area contributed by atoms with Crippen LogP contribution in [-0.2, 0) is 9.53 Å². The predicted octanol–water partition coefficient (Wildman–Crippen LogP) is 2.71. The largest absolute Gasteiger partial charge is 0.418 e. The van der Waals surface area contributed by atoms with Crippen LogP contribution in [0.25, 0.3) is 0 Å². The summed E-state index contributed by atoms with van der Waals surface area (Å²) in [5, 5.41) is 0. The van der Waals surface area contributed by atoms with Gasteiger partial charge in [-0.3, -0.25) is 10.5 Å². The summed E-state index contributed by atoms with van der Waals surface area (Å²) < 4.78 is 5.56. The minimum absolute atomic E-state index is 0.232. The van der Waals surface area contributed by atoms with Gasteiger partial charge in [-0.25, -0.2) is 4.79 Å². The van der Waals surface area contributed by atoms with Gasteiger partial charge in [-0.1, -0.05) is 26.7 Å². The molecule has 0 saturated carbocycles. The highest BCUT2D eigenvalue weighted by atomic mass is 16.6. The van der Waals surface area contributed by atoms with Gasteiger partial charge in [0.2, 0.25) is 5.72 Å². The minimum Gasteiger partial charge on any atom is -0.418 e. The molecule has 138 valence electrons. The number of carbonyl (C=O) groups excluding carboxylic acids is 2. The first-order valence-electron chi connectivity index (χ1n) is 9.56. The summed E-state index contributed by atoms with van der Waals surface area (Å²) in [6.07, 6.45) is 6.88. The van der Waals surface area contributed by atoms with Gasteiger partial charge in [-0.15, -0.1) is 0 Å². The molecular formula is C18H33N3O3. The SMILES string of the molecule is CCC[C@](N)(OC(=O)N1CCCCC1)C(=O)N1CCC(CC)CC1. The summed E-state index contributed by atoms with van der Waals surface area (Å²) in [5.41, 5.74) is 4.77. The van der Waals surface area contributed by atoms with Gasteiger partial charge < -0.3 is 14.5 Å². The number of rotatable bonds is 5. The third kappa shape index (κ3) is 4.62. The smallest absolute Gasteiger partial charge is 0.411 e. The van der Waals surface area contributed by atoms with Crippen LogP contribution in [0.2, 0.25) is 0 Å². The van der Waals surface area contributed by atoms with E-state index in [2.05, 4.69) is 6.92 Å². The number of carbonyl (C=O) groups is 2. The lowest BCUT2D eigenvalue weighted by atomic mass is 9.93. The Hall–Kier alpha value is -1.30. The van der Waals surface area contributed by atoms with Crippen molar-refractivity contribution in [3.8, 4) is 0 Å². The van der Waals surface area contributed by atoms with E-state index in [1.807, 2.05) is 6.92 Å². The van der Waals surface area contributed by atoms with Crippen molar-refractivity contribution in [2.45, 2.75) is 70.9 Å². The summed E-state index contributed by atoms with van der Waals surface area (Å²) in [4.78, 5) is 28.8. The van der Waals surface area contributed by atoms with Gasteiger partial charge in [-0.2, -0.15) is 0 Å². The highest BCUT2D eigenvalue weighted by molar-refractivity contribution is 5.87. The minimum atomic E-state index is -1.53. The molecule has 6 nitrogen and oxygen atoms in total. The number of likely N-dealkylation sites (tertiary alicyclic amines) is 2. The van der Waals surface area contributed by atoms with Crippen molar-refractivity contribution in [2.24, 2.45) is 11.7 Å². The molecule has 2 fully saturated rings. The van der Waals surface area contributed by atoms with Gasteiger partial charge in [0.05, 0.1) is 0 Å². The number of hydrogen-bond donors (Lipinski definition) is 1. The maximum Gasteiger partial charge on any atom is 0.411 e. The van der Waals surface area contributed by atoms with Crippen LogP contribution >= 0.6 is 0 Å². The van der Waals surface area contributed by atoms with Crippen LogP contribution in [0.15, 0.2) is 0 Å². The lowest BCUT2D eigenvalue weighted by Gasteiger charge is -2.38.